The molecule has 0 bridgehead atoms. The Morgan fingerprint density at radius 1 is 0.842 bits per heavy atom. The van der Waals surface area contributed by atoms with Gasteiger partial charge in [-0.25, -0.2) is 0 Å². The molecule has 1 amide bonds. The highest BCUT2D eigenvalue weighted by Crippen LogP contribution is 2.44. The second-order valence-electron chi connectivity index (χ2n) is 8.63. The molecule has 38 heavy (non-hydrogen) atoms. The van der Waals surface area contributed by atoms with E-state index in [0.717, 1.165) is 6.42 Å². The first-order valence-corrected chi connectivity index (χ1v) is 12.6. The molecule has 0 radical (unpaired) electrons. The number of benzene rings is 3. The fourth-order valence-electron chi connectivity index (χ4n) is 4.34. The third-order valence-corrected chi connectivity index (χ3v) is 6.07. The van der Waals surface area contributed by atoms with E-state index in [1.807, 2.05) is 13.8 Å². The van der Waals surface area contributed by atoms with Crippen molar-refractivity contribution in [2.75, 3.05) is 24.7 Å². The summed E-state index contributed by atoms with van der Waals surface area (Å²) in [5.41, 5.74) is 1.24. The predicted octanol–water partition coefficient (Wildman–Crippen LogP) is 5.60. The van der Waals surface area contributed by atoms with Crippen LogP contribution in [-0.4, -0.2) is 41.7 Å². The van der Waals surface area contributed by atoms with Crippen molar-refractivity contribution in [2.45, 2.75) is 33.2 Å². The number of Topliss-reactive ketones (excluding diaryl/α,β-unsaturated/α-hetero) is 1. The summed E-state index contributed by atoms with van der Waals surface area (Å²) in [5.74, 6) is -0.521. The molecular formula is C30H31NO7. The second kappa shape index (κ2) is 11.7. The molecule has 3 aromatic carbocycles. The molecule has 1 atom stereocenters. The number of aromatic hydroxyl groups is 1. The number of hydrogen-bond acceptors (Lipinski definition) is 7. The van der Waals surface area contributed by atoms with Crippen LogP contribution < -0.4 is 19.1 Å². The van der Waals surface area contributed by atoms with Gasteiger partial charge in [-0.15, -0.1) is 0 Å². The van der Waals surface area contributed by atoms with Gasteiger partial charge in [0.1, 0.15) is 17.3 Å². The molecule has 1 aliphatic heterocycles. The summed E-state index contributed by atoms with van der Waals surface area (Å²) >= 11 is 0. The van der Waals surface area contributed by atoms with Gasteiger partial charge in [0.15, 0.2) is 11.5 Å². The van der Waals surface area contributed by atoms with Crippen LogP contribution in [0.5, 0.6) is 23.0 Å². The molecule has 0 spiro atoms. The molecule has 1 fully saturated rings. The van der Waals surface area contributed by atoms with Gasteiger partial charge < -0.3 is 24.4 Å². The van der Waals surface area contributed by atoms with Gasteiger partial charge in [0.05, 0.1) is 31.4 Å². The van der Waals surface area contributed by atoms with Crippen LogP contribution in [-0.2, 0) is 9.59 Å². The summed E-state index contributed by atoms with van der Waals surface area (Å²) in [6, 6.07) is 17.2. The summed E-state index contributed by atoms with van der Waals surface area (Å²) in [4.78, 5) is 28.1. The molecule has 8 heteroatoms. The number of phenolic OH excluding ortho intramolecular Hbond substituents is 1. The van der Waals surface area contributed by atoms with Gasteiger partial charge in [0, 0.05) is 11.3 Å². The quantitative estimate of drug-likeness (QED) is 0.205. The zero-order valence-corrected chi connectivity index (χ0v) is 21.6. The summed E-state index contributed by atoms with van der Waals surface area (Å²) in [6.45, 7) is 7.01. The summed E-state index contributed by atoms with van der Waals surface area (Å²) in [7, 11) is 0. The zero-order valence-electron chi connectivity index (χ0n) is 21.6. The molecule has 1 unspecified atom stereocenters. The van der Waals surface area contributed by atoms with Crippen LogP contribution in [0.25, 0.3) is 5.76 Å². The maximum atomic E-state index is 13.4. The minimum Gasteiger partial charge on any atom is -0.507 e. The van der Waals surface area contributed by atoms with Gasteiger partial charge in [-0.05, 0) is 86.5 Å². The lowest BCUT2D eigenvalue weighted by molar-refractivity contribution is -0.132. The lowest BCUT2D eigenvalue weighted by atomic mass is 9.94. The topological polar surface area (TPSA) is 106 Å². The average molecular weight is 518 g/mol. The highest BCUT2D eigenvalue weighted by atomic mass is 16.5. The third-order valence-electron chi connectivity index (χ3n) is 6.07. The maximum Gasteiger partial charge on any atom is 0.300 e. The van der Waals surface area contributed by atoms with E-state index >= 15 is 0 Å². The molecule has 1 heterocycles. The highest BCUT2D eigenvalue weighted by Gasteiger charge is 2.47. The normalized spacial score (nSPS) is 16.5. The largest absolute Gasteiger partial charge is 0.507 e. The number of amides is 1. The first-order chi connectivity index (χ1) is 18.4. The third kappa shape index (κ3) is 5.29. The van der Waals surface area contributed by atoms with Crippen molar-refractivity contribution < 1.29 is 34.0 Å². The number of nitrogens with zero attached hydrogens (tertiary/aromatic N) is 1. The Hall–Kier alpha value is -4.46. The van der Waals surface area contributed by atoms with Crippen LogP contribution in [0.2, 0.25) is 0 Å². The van der Waals surface area contributed by atoms with Gasteiger partial charge in [-0.3, -0.25) is 14.5 Å². The van der Waals surface area contributed by atoms with E-state index in [9.17, 15) is 19.8 Å². The SMILES string of the molecule is CCCOc1ccc(/C(O)=C2/C(=O)C(=O)N(c3ccc(OCC)cc3)C2c2ccc(O)c(OCC)c2)cc1. The van der Waals surface area contributed by atoms with Gasteiger partial charge in [-0.2, -0.15) is 0 Å². The van der Waals surface area contributed by atoms with Crippen molar-refractivity contribution in [3.05, 3.63) is 83.4 Å². The van der Waals surface area contributed by atoms with Crippen molar-refractivity contribution in [1.29, 1.82) is 0 Å². The summed E-state index contributed by atoms with van der Waals surface area (Å²) < 4.78 is 16.7. The van der Waals surface area contributed by atoms with E-state index in [1.165, 1.54) is 11.0 Å². The Labute approximate surface area is 221 Å². The molecule has 1 saturated heterocycles. The van der Waals surface area contributed by atoms with Gasteiger partial charge in [0.25, 0.3) is 11.7 Å². The molecule has 1 aliphatic rings. The van der Waals surface area contributed by atoms with Crippen molar-refractivity contribution in [2.24, 2.45) is 0 Å². The monoisotopic (exact) mass is 517 g/mol. The molecule has 8 nitrogen and oxygen atoms in total. The van der Waals surface area contributed by atoms with E-state index in [2.05, 4.69) is 0 Å². The van der Waals surface area contributed by atoms with Crippen LogP contribution in [0.1, 0.15) is 44.4 Å². The molecule has 198 valence electrons. The fraction of sp³-hybridized carbons (Fsp3) is 0.267. The lowest BCUT2D eigenvalue weighted by Crippen LogP contribution is -2.29. The molecule has 4 rings (SSSR count). The first kappa shape index (κ1) is 26.6. The summed E-state index contributed by atoms with van der Waals surface area (Å²) in [5, 5.41) is 21.6. The van der Waals surface area contributed by atoms with Crippen molar-refractivity contribution in [3.63, 3.8) is 0 Å². The van der Waals surface area contributed by atoms with Crippen LogP contribution in [0.15, 0.2) is 72.3 Å². The average Bonchev–Trinajstić information content (AvgIpc) is 3.19. The number of rotatable bonds is 10. The number of phenols is 1. The molecule has 0 saturated carbocycles. The highest BCUT2D eigenvalue weighted by molar-refractivity contribution is 6.51. The van der Waals surface area contributed by atoms with Gasteiger partial charge in [-0.1, -0.05) is 13.0 Å². The number of ketones is 1. The van der Waals surface area contributed by atoms with E-state index in [-0.39, 0.29) is 22.8 Å². The first-order valence-electron chi connectivity index (χ1n) is 12.6. The molecule has 3 aromatic rings. The van der Waals surface area contributed by atoms with Gasteiger partial charge >= 0.3 is 0 Å². The number of carbonyl (C=O) groups excluding carboxylic acids is 2. The van der Waals surface area contributed by atoms with E-state index < -0.39 is 17.7 Å². The van der Waals surface area contributed by atoms with Crippen molar-refractivity contribution in [1.82, 2.24) is 0 Å². The standard InChI is InChI=1S/C30H31NO7/c1-4-17-38-23-12-7-19(8-13-23)28(33)26-27(20-9-16-24(32)25(18-20)37-6-3)31(30(35)29(26)34)21-10-14-22(15-11-21)36-5-2/h7-16,18,27,32-33H,4-6,17H2,1-3H3/b28-26-. The number of hydrogen-bond donors (Lipinski definition) is 2. The Balaban J connectivity index is 1.85. The fourth-order valence-corrected chi connectivity index (χ4v) is 4.34. The number of anilines is 1. The maximum absolute atomic E-state index is 13.4. The Kier molecular flexibility index (Phi) is 8.21. The number of aliphatic hydroxyl groups excluding tert-OH is 1. The smallest absolute Gasteiger partial charge is 0.300 e. The van der Waals surface area contributed by atoms with E-state index in [0.29, 0.717) is 48.1 Å². The molecule has 2 N–H and O–H groups in total. The van der Waals surface area contributed by atoms with Crippen molar-refractivity contribution in [3.8, 4) is 23.0 Å². The molecule has 0 aromatic heterocycles. The predicted molar refractivity (Wildman–Crippen MR) is 144 cm³/mol. The minimum atomic E-state index is -0.969. The van der Waals surface area contributed by atoms with Crippen LogP contribution in [0, 0.1) is 0 Å². The minimum absolute atomic E-state index is 0.0701. The van der Waals surface area contributed by atoms with E-state index in [4.69, 9.17) is 14.2 Å². The molecule has 0 aliphatic carbocycles. The van der Waals surface area contributed by atoms with E-state index in [1.54, 1.807) is 67.6 Å². The number of carbonyl (C=O) groups is 2. The Bertz CT molecular complexity index is 1330. The van der Waals surface area contributed by atoms with Gasteiger partial charge in [0.2, 0.25) is 0 Å². The Morgan fingerprint density at radius 3 is 2.11 bits per heavy atom. The van der Waals surface area contributed by atoms with Crippen LogP contribution in [0.3, 0.4) is 0 Å². The Morgan fingerprint density at radius 2 is 1.47 bits per heavy atom. The van der Waals surface area contributed by atoms with Crippen LogP contribution >= 0.6 is 0 Å². The number of ether oxygens (including phenoxy) is 3. The molecular weight excluding hydrogens is 486 g/mol. The lowest BCUT2D eigenvalue weighted by Gasteiger charge is -2.26. The number of aliphatic hydroxyl groups is 1. The zero-order chi connectivity index (χ0) is 27.2. The van der Waals surface area contributed by atoms with Crippen LogP contribution in [0.4, 0.5) is 5.69 Å². The summed E-state index contributed by atoms with van der Waals surface area (Å²) in [6.07, 6.45) is 0.854. The van der Waals surface area contributed by atoms with Crippen molar-refractivity contribution >= 4 is 23.1 Å². The second-order valence-corrected chi connectivity index (χ2v) is 8.63.